The predicted octanol–water partition coefficient (Wildman–Crippen LogP) is 5.79. The topological polar surface area (TPSA) is 12.0 Å². The van der Waals surface area contributed by atoms with Crippen molar-refractivity contribution in [1.29, 1.82) is 0 Å². The van der Waals surface area contributed by atoms with Gasteiger partial charge in [0.1, 0.15) is 0 Å². The Morgan fingerprint density at radius 2 is 1.38 bits per heavy atom. The number of hydrogen-bond acceptors (Lipinski definition) is 1. The summed E-state index contributed by atoms with van der Waals surface area (Å²) in [7, 11) is 0. The van der Waals surface area contributed by atoms with Crippen molar-refractivity contribution >= 4 is 0 Å². The van der Waals surface area contributed by atoms with Gasteiger partial charge in [0.05, 0.1) is 0 Å². The van der Waals surface area contributed by atoms with E-state index in [1.165, 1.54) is 70.8 Å². The summed E-state index contributed by atoms with van der Waals surface area (Å²) in [5, 5.41) is 3.91. The fourth-order valence-corrected chi connectivity index (χ4v) is 4.54. The SMILES string of the molecule is CCC1CCC(CNC2CCC(C(C)(C)CC)CC2)CC1. The van der Waals surface area contributed by atoms with Crippen LogP contribution in [0, 0.1) is 23.2 Å². The van der Waals surface area contributed by atoms with Crippen LogP contribution < -0.4 is 5.32 Å². The maximum atomic E-state index is 3.91. The van der Waals surface area contributed by atoms with Crippen LogP contribution >= 0.6 is 0 Å². The highest BCUT2D eigenvalue weighted by Crippen LogP contribution is 2.40. The zero-order valence-corrected chi connectivity index (χ0v) is 15.1. The molecule has 0 spiro atoms. The van der Waals surface area contributed by atoms with E-state index in [2.05, 4.69) is 33.0 Å². The standard InChI is InChI=1S/C20H39N/c1-5-16-7-9-17(10-8-16)15-21-19-13-11-18(12-14-19)20(3,4)6-2/h16-19,21H,5-15H2,1-4H3. The molecule has 0 heterocycles. The molecule has 0 aromatic carbocycles. The Bertz CT molecular complexity index is 280. The van der Waals surface area contributed by atoms with Gasteiger partial charge in [0.15, 0.2) is 0 Å². The molecule has 0 aromatic rings. The fourth-order valence-electron chi connectivity index (χ4n) is 4.54. The highest BCUT2D eigenvalue weighted by molar-refractivity contribution is 4.85. The molecule has 0 aromatic heterocycles. The van der Waals surface area contributed by atoms with Crippen LogP contribution in [-0.2, 0) is 0 Å². The average Bonchev–Trinajstić information content (AvgIpc) is 2.54. The first kappa shape index (κ1) is 17.3. The Morgan fingerprint density at radius 3 is 1.90 bits per heavy atom. The minimum Gasteiger partial charge on any atom is -0.314 e. The first-order valence-electron chi connectivity index (χ1n) is 9.78. The molecule has 0 amide bonds. The van der Waals surface area contributed by atoms with E-state index in [1.807, 2.05) is 0 Å². The lowest BCUT2D eigenvalue weighted by Crippen LogP contribution is -2.39. The van der Waals surface area contributed by atoms with Crippen molar-refractivity contribution in [2.75, 3.05) is 6.54 Å². The second-order valence-corrected chi connectivity index (χ2v) is 8.59. The molecule has 2 rings (SSSR count). The van der Waals surface area contributed by atoms with E-state index in [4.69, 9.17) is 0 Å². The van der Waals surface area contributed by atoms with Gasteiger partial charge in [-0.15, -0.1) is 0 Å². The molecule has 0 aliphatic heterocycles. The summed E-state index contributed by atoms with van der Waals surface area (Å²) in [6.07, 6.45) is 14.4. The molecule has 1 N–H and O–H groups in total. The van der Waals surface area contributed by atoms with Gasteiger partial charge in [-0.25, -0.2) is 0 Å². The summed E-state index contributed by atoms with van der Waals surface area (Å²) in [4.78, 5) is 0. The maximum Gasteiger partial charge on any atom is 0.00673 e. The lowest BCUT2D eigenvalue weighted by atomic mass is 9.69. The van der Waals surface area contributed by atoms with Gasteiger partial charge < -0.3 is 5.32 Å². The first-order valence-corrected chi connectivity index (χ1v) is 9.78. The average molecular weight is 294 g/mol. The molecule has 0 unspecified atom stereocenters. The molecule has 2 fully saturated rings. The molecule has 2 saturated carbocycles. The van der Waals surface area contributed by atoms with Crippen LogP contribution in [0.2, 0.25) is 0 Å². The molecule has 0 saturated heterocycles. The molecule has 124 valence electrons. The quantitative estimate of drug-likeness (QED) is 0.654. The normalized spacial score (nSPS) is 34.9. The molecule has 2 aliphatic rings. The van der Waals surface area contributed by atoms with Crippen molar-refractivity contribution in [3.63, 3.8) is 0 Å². The minimum atomic E-state index is 0.559. The Morgan fingerprint density at radius 1 is 0.810 bits per heavy atom. The minimum absolute atomic E-state index is 0.559. The van der Waals surface area contributed by atoms with Crippen LogP contribution in [0.1, 0.15) is 91.9 Å². The number of rotatable bonds is 6. The Labute approximate surface area is 133 Å². The largest absolute Gasteiger partial charge is 0.314 e. The van der Waals surface area contributed by atoms with Gasteiger partial charge >= 0.3 is 0 Å². The van der Waals surface area contributed by atoms with E-state index in [1.54, 1.807) is 0 Å². The number of nitrogens with one attached hydrogen (secondary N) is 1. The van der Waals surface area contributed by atoms with Crippen molar-refractivity contribution in [1.82, 2.24) is 5.32 Å². The van der Waals surface area contributed by atoms with E-state index in [0.717, 1.165) is 23.8 Å². The third-order valence-corrected chi connectivity index (χ3v) is 6.98. The van der Waals surface area contributed by atoms with Crippen LogP contribution in [-0.4, -0.2) is 12.6 Å². The summed E-state index contributed by atoms with van der Waals surface area (Å²) in [5.74, 6) is 2.96. The van der Waals surface area contributed by atoms with Crippen molar-refractivity contribution in [3.8, 4) is 0 Å². The van der Waals surface area contributed by atoms with Crippen LogP contribution in [0.5, 0.6) is 0 Å². The molecule has 2 aliphatic carbocycles. The Hall–Kier alpha value is -0.0400. The van der Waals surface area contributed by atoms with Gasteiger partial charge in [-0.05, 0) is 68.2 Å². The van der Waals surface area contributed by atoms with Gasteiger partial charge in [-0.1, -0.05) is 53.4 Å². The van der Waals surface area contributed by atoms with Crippen LogP contribution in [0.15, 0.2) is 0 Å². The fraction of sp³-hybridized carbons (Fsp3) is 1.00. The van der Waals surface area contributed by atoms with E-state index in [9.17, 15) is 0 Å². The van der Waals surface area contributed by atoms with Gasteiger partial charge in [0.25, 0.3) is 0 Å². The van der Waals surface area contributed by atoms with Crippen molar-refractivity contribution < 1.29 is 0 Å². The molecule has 1 heteroatoms. The van der Waals surface area contributed by atoms with Gasteiger partial charge in [-0.3, -0.25) is 0 Å². The lowest BCUT2D eigenvalue weighted by molar-refractivity contribution is 0.134. The Balaban J connectivity index is 1.63. The molecule has 1 nitrogen and oxygen atoms in total. The molecule has 0 atom stereocenters. The second kappa shape index (κ2) is 7.99. The molecule has 0 radical (unpaired) electrons. The zero-order chi connectivity index (χ0) is 15.3. The third kappa shape index (κ3) is 4.98. The van der Waals surface area contributed by atoms with E-state index < -0.39 is 0 Å². The summed E-state index contributed by atoms with van der Waals surface area (Å²) in [6.45, 7) is 11.0. The summed E-state index contributed by atoms with van der Waals surface area (Å²) in [5.41, 5.74) is 0.559. The van der Waals surface area contributed by atoms with Gasteiger partial charge in [-0.2, -0.15) is 0 Å². The van der Waals surface area contributed by atoms with E-state index in [0.29, 0.717) is 5.41 Å². The predicted molar refractivity (Wildman–Crippen MR) is 93.6 cm³/mol. The van der Waals surface area contributed by atoms with Crippen molar-refractivity contribution in [2.45, 2.75) is 97.9 Å². The van der Waals surface area contributed by atoms with Crippen LogP contribution in [0.3, 0.4) is 0 Å². The highest BCUT2D eigenvalue weighted by atomic mass is 14.9. The molecule has 21 heavy (non-hydrogen) atoms. The van der Waals surface area contributed by atoms with Gasteiger partial charge in [0.2, 0.25) is 0 Å². The van der Waals surface area contributed by atoms with Crippen LogP contribution in [0.25, 0.3) is 0 Å². The lowest BCUT2D eigenvalue weighted by Gasteiger charge is -2.39. The zero-order valence-electron chi connectivity index (χ0n) is 15.1. The van der Waals surface area contributed by atoms with Gasteiger partial charge in [0, 0.05) is 6.04 Å². The highest BCUT2D eigenvalue weighted by Gasteiger charge is 2.31. The number of hydrogen-bond donors (Lipinski definition) is 1. The Kier molecular flexibility index (Phi) is 6.59. The second-order valence-electron chi connectivity index (χ2n) is 8.59. The maximum absolute atomic E-state index is 3.91. The summed E-state index contributed by atoms with van der Waals surface area (Å²) < 4.78 is 0. The monoisotopic (exact) mass is 293 g/mol. The molecular weight excluding hydrogens is 254 g/mol. The smallest absolute Gasteiger partial charge is 0.00673 e. The molecular formula is C20H39N. The van der Waals surface area contributed by atoms with E-state index >= 15 is 0 Å². The summed E-state index contributed by atoms with van der Waals surface area (Å²) >= 11 is 0. The van der Waals surface area contributed by atoms with Crippen molar-refractivity contribution in [2.24, 2.45) is 23.2 Å². The molecule has 0 bridgehead atoms. The summed E-state index contributed by atoms with van der Waals surface area (Å²) in [6, 6.07) is 0.817. The van der Waals surface area contributed by atoms with Crippen LogP contribution in [0.4, 0.5) is 0 Å². The van der Waals surface area contributed by atoms with E-state index in [-0.39, 0.29) is 0 Å². The van der Waals surface area contributed by atoms with Crippen molar-refractivity contribution in [3.05, 3.63) is 0 Å². The first-order chi connectivity index (χ1) is 10.0. The third-order valence-electron chi connectivity index (χ3n) is 6.98.